The van der Waals surface area contributed by atoms with Crippen LogP contribution in [0.2, 0.25) is 0 Å². The zero-order valence-electron chi connectivity index (χ0n) is 12.7. The number of nitrogens with zero attached hydrogens (tertiary/aromatic N) is 2. The first-order valence-corrected chi connectivity index (χ1v) is 8.07. The third-order valence-electron chi connectivity index (χ3n) is 3.07. The number of hydrogen-bond donors (Lipinski definition) is 2. The van der Waals surface area contributed by atoms with E-state index in [1.807, 2.05) is 13.8 Å². The van der Waals surface area contributed by atoms with E-state index in [2.05, 4.69) is 5.32 Å². The number of nitrogens with one attached hydrogen (secondary N) is 1. The van der Waals surface area contributed by atoms with E-state index in [-0.39, 0.29) is 12.5 Å². The number of hydrogen-bond acceptors (Lipinski definition) is 4. The SMILES string of the molecule is CC(C)CNC(=O)CN(C)C(=O)N1CCSCC1C(=O)O. The number of carboxylic acid groups (broad SMARTS) is 1. The number of carbonyl (C=O) groups is 3. The lowest BCUT2D eigenvalue weighted by Crippen LogP contribution is -2.55. The largest absolute Gasteiger partial charge is 0.480 e. The second-order valence-corrected chi connectivity index (χ2v) is 6.61. The van der Waals surface area contributed by atoms with Gasteiger partial charge in [0, 0.05) is 31.6 Å². The summed E-state index contributed by atoms with van der Waals surface area (Å²) in [5, 5.41) is 11.9. The highest BCUT2D eigenvalue weighted by Crippen LogP contribution is 2.18. The van der Waals surface area contributed by atoms with Gasteiger partial charge in [0.25, 0.3) is 0 Å². The van der Waals surface area contributed by atoms with Gasteiger partial charge in [-0.1, -0.05) is 13.8 Å². The Morgan fingerprint density at radius 3 is 2.67 bits per heavy atom. The Kier molecular flexibility index (Phi) is 6.80. The van der Waals surface area contributed by atoms with Gasteiger partial charge in [0.15, 0.2) is 0 Å². The number of urea groups is 1. The molecule has 0 aromatic rings. The van der Waals surface area contributed by atoms with Crippen LogP contribution in [0.4, 0.5) is 4.79 Å². The van der Waals surface area contributed by atoms with E-state index >= 15 is 0 Å². The monoisotopic (exact) mass is 317 g/mol. The summed E-state index contributed by atoms with van der Waals surface area (Å²) in [7, 11) is 1.51. The Labute approximate surface area is 129 Å². The van der Waals surface area contributed by atoms with Crippen LogP contribution in [0.15, 0.2) is 0 Å². The van der Waals surface area contributed by atoms with Crippen molar-refractivity contribution in [1.29, 1.82) is 0 Å². The molecule has 0 aliphatic carbocycles. The standard InChI is InChI=1S/C13H23N3O4S/c1-9(2)6-14-11(17)7-15(3)13(20)16-4-5-21-8-10(16)12(18)19/h9-10H,4-8H2,1-3H3,(H,14,17)(H,18,19). The molecule has 8 heteroatoms. The third-order valence-corrected chi connectivity index (χ3v) is 4.10. The van der Waals surface area contributed by atoms with E-state index in [0.29, 0.717) is 30.5 Å². The predicted molar refractivity (Wildman–Crippen MR) is 81.3 cm³/mol. The molecule has 0 radical (unpaired) electrons. The van der Waals surface area contributed by atoms with Crippen molar-refractivity contribution < 1.29 is 19.5 Å². The summed E-state index contributed by atoms with van der Waals surface area (Å²) >= 11 is 1.52. The summed E-state index contributed by atoms with van der Waals surface area (Å²) in [6.45, 7) is 4.84. The normalized spacial score (nSPS) is 18.5. The van der Waals surface area contributed by atoms with Crippen molar-refractivity contribution in [2.24, 2.45) is 5.92 Å². The maximum atomic E-state index is 12.3. The van der Waals surface area contributed by atoms with Gasteiger partial charge in [-0.2, -0.15) is 11.8 Å². The van der Waals surface area contributed by atoms with Crippen LogP contribution in [-0.2, 0) is 9.59 Å². The number of rotatable bonds is 5. The molecule has 1 heterocycles. The minimum absolute atomic E-state index is 0.0679. The summed E-state index contributed by atoms with van der Waals surface area (Å²) in [5.74, 6) is 0.189. The van der Waals surface area contributed by atoms with Crippen molar-refractivity contribution in [3.8, 4) is 0 Å². The first kappa shape index (κ1) is 17.6. The second-order valence-electron chi connectivity index (χ2n) is 5.46. The van der Waals surface area contributed by atoms with E-state index in [1.54, 1.807) is 0 Å². The van der Waals surface area contributed by atoms with Gasteiger partial charge in [0.05, 0.1) is 0 Å². The maximum Gasteiger partial charge on any atom is 0.327 e. The second kappa shape index (κ2) is 8.11. The van der Waals surface area contributed by atoms with Gasteiger partial charge >= 0.3 is 12.0 Å². The Morgan fingerprint density at radius 1 is 1.43 bits per heavy atom. The molecule has 1 unspecified atom stereocenters. The van der Waals surface area contributed by atoms with Crippen LogP contribution in [0.5, 0.6) is 0 Å². The fraction of sp³-hybridized carbons (Fsp3) is 0.769. The molecule has 0 spiro atoms. The highest BCUT2D eigenvalue weighted by molar-refractivity contribution is 7.99. The molecule has 1 aliphatic rings. The highest BCUT2D eigenvalue weighted by Gasteiger charge is 2.34. The number of aliphatic carboxylic acids is 1. The molecule has 1 aliphatic heterocycles. The molecule has 0 bridgehead atoms. The van der Waals surface area contributed by atoms with Crippen molar-refractivity contribution in [3.63, 3.8) is 0 Å². The summed E-state index contributed by atoms with van der Waals surface area (Å²) in [6.07, 6.45) is 0. The number of carboxylic acids is 1. The van der Waals surface area contributed by atoms with Crippen molar-refractivity contribution in [1.82, 2.24) is 15.1 Å². The van der Waals surface area contributed by atoms with Crippen LogP contribution in [0.3, 0.4) is 0 Å². The molecule has 0 aromatic carbocycles. The molecule has 7 nitrogen and oxygen atoms in total. The molecule has 3 amide bonds. The summed E-state index contributed by atoms with van der Waals surface area (Å²) in [4.78, 5) is 37.8. The smallest absolute Gasteiger partial charge is 0.327 e. The van der Waals surface area contributed by atoms with E-state index < -0.39 is 18.0 Å². The van der Waals surface area contributed by atoms with Crippen molar-refractivity contribution in [3.05, 3.63) is 0 Å². The Balaban J connectivity index is 2.55. The van der Waals surface area contributed by atoms with Crippen LogP contribution in [0, 0.1) is 5.92 Å². The van der Waals surface area contributed by atoms with Crippen LogP contribution < -0.4 is 5.32 Å². The number of amides is 3. The minimum Gasteiger partial charge on any atom is -0.480 e. The molecule has 120 valence electrons. The summed E-state index contributed by atoms with van der Waals surface area (Å²) < 4.78 is 0. The van der Waals surface area contributed by atoms with Gasteiger partial charge < -0.3 is 20.2 Å². The first-order chi connectivity index (χ1) is 9.82. The molecule has 1 atom stereocenters. The van der Waals surface area contributed by atoms with E-state index in [9.17, 15) is 14.4 Å². The number of likely N-dealkylation sites (N-methyl/N-ethyl adjacent to an activating group) is 1. The lowest BCUT2D eigenvalue weighted by Gasteiger charge is -2.35. The predicted octanol–water partition coefficient (Wildman–Crippen LogP) is 0.312. The fourth-order valence-corrected chi connectivity index (χ4v) is 2.95. The molecular formula is C13H23N3O4S. The fourth-order valence-electron chi connectivity index (χ4n) is 1.91. The quantitative estimate of drug-likeness (QED) is 0.762. The Morgan fingerprint density at radius 2 is 2.10 bits per heavy atom. The highest BCUT2D eigenvalue weighted by atomic mass is 32.2. The van der Waals surface area contributed by atoms with E-state index in [4.69, 9.17) is 5.11 Å². The summed E-state index contributed by atoms with van der Waals surface area (Å²) in [6, 6.07) is -1.24. The maximum absolute atomic E-state index is 12.3. The summed E-state index contributed by atoms with van der Waals surface area (Å²) in [5.41, 5.74) is 0. The van der Waals surface area contributed by atoms with Gasteiger partial charge in [-0.25, -0.2) is 9.59 Å². The van der Waals surface area contributed by atoms with E-state index in [0.717, 1.165) is 0 Å². The Bertz CT molecular complexity index is 403. The van der Waals surface area contributed by atoms with Gasteiger partial charge in [-0.3, -0.25) is 4.79 Å². The number of carbonyl (C=O) groups excluding carboxylic acids is 2. The van der Waals surface area contributed by atoms with Crippen LogP contribution in [-0.4, -0.2) is 77.0 Å². The van der Waals surface area contributed by atoms with Crippen LogP contribution in [0.1, 0.15) is 13.8 Å². The van der Waals surface area contributed by atoms with Gasteiger partial charge in [-0.05, 0) is 5.92 Å². The molecule has 0 aromatic heterocycles. The van der Waals surface area contributed by atoms with Crippen molar-refractivity contribution >= 4 is 29.7 Å². The van der Waals surface area contributed by atoms with Gasteiger partial charge in [-0.15, -0.1) is 0 Å². The van der Waals surface area contributed by atoms with E-state index in [1.165, 1.54) is 28.6 Å². The average Bonchev–Trinajstić information content (AvgIpc) is 2.44. The molecule has 2 N–H and O–H groups in total. The van der Waals surface area contributed by atoms with Gasteiger partial charge in [0.1, 0.15) is 12.6 Å². The minimum atomic E-state index is -1.01. The van der Waals surface area contributed by atoms with Crippen molar-refractivity contribution in [2.45, 2.75) is 19.9 Å². The zero-order chi connectivity index (χ0) is 16.0. The van der Waals surface area contributed by atoms with Crippen LogP contribution >= 0.6 is 11.8 Å². The van der Waals surface area contributed by atoms with Crippen molar-refractivity contribution in [2.75, 3.05) is 38.2 Å². The number of thioether (sulfide) groups is 1. The topological polar surface area (TPSA) is 90.0 Å². The van der Waals surface area contributed by atoms with Gasteiger partial charge in [0.2, 0.25) is 5.91 Å². The lowest BCUT2D eigenvalue weighted by atomic mass is 10.2. The van der Waals surface area contributed by atoms with Crippen LogP contribution in [0.25, 0.3) is 0 Å². The molecule has 1 fully saturated rings. The molecular weight excluding hydrogens is 294 g/mol. The average molecular weight is 317 g/mol. The zero-order valence-corrected chi connectivity index (χ0v) is 13.5. The third kappa shape index (κ3) is 5.45. The lowest BCUT2D eigenvalue weighted by molar-refractivity contribution is -0.141. The molecule has 1 saturated heterocycles. The molecule has 21 heavy (non-hydrogen) atoms. The Hall–Kier alpha value is -1.44. The first-order valence-electron chi connectivity index (χ1n) is 6.92. The molecule has 0 saturated carbocycles. The molecule has 1 rings (SSSR count).